The van der Waals surface area contributed by atoms with Crippen LogP contribution in [0.15, 0.2) is 48.5 Å². The first-order valence-electron chi connectivity index (χ1n) is 8.65. The van der Waals surface area contributed by atoms with E-state index >= 15 is 0 Å². The number of hydrazine groups is 1. The van der Waals surface area contributed by atoms with Crippen LogP contribution in [0.2, 0.25) is 0 Å². The summed E-state index contributed by atoms with van der Waals surface area (Å²) in [5.74, 6) is -0.0793. The van der Waals surface area contributed by atoms with Gasteiger partial charge in [0.15, 0.2) is 6.10 Å². The van der Waals surface area contributed by atoms with Crippen LogP contribution in [-0.4, -0.2) is 24.5 Å². The molecular formula is C20H23FN2O4. The molecule has 0 aliphatic carbocycles. The van der Waals surface area contributed by atoms with E-state index in [1.807, 2.05) is 31.2 Å². The molecule has 1 unspecified atom stereocenters. The third kappa shape index (κ3) is 6.97. The third-order valence-electron chi connectivity index (χ3n) is 3.72. The lowest BCUT2D eigenvalue weighted by molar-refractivity contribution is -0.132. The van der Waals surface area contributed by atoms with Crippen molar-refractivity contribution >= 4 is 11.8 Å². The van der Waals surface area contributed by atoms with Gasteiger partial charge in [0.2, 0.25) is 5.91 Å². The fourth-order valence-corrected chi connectivity index (χ4v) is 2.20. The molecule has 2 amide bonds. The van der Waals surface area contributed by atoms with Crippen molar-refractivity contribution < 1.29 is 23.5 Å². The van der Waals surface area contributed by atoms with Gasteiger partial charge in [-0.3, -0.25) is 20.4 Å². The fourth-order valence-electron chi connectivity index (χ4n) is 2.20. The van der Waals surface area contributed by atoms with Crippen LogP contribution >= 0.6 is 0 Å². The molecule has 7 heteroatoms. The predicted octanol–water partition coefficient (Wildman–Crippen LogP) is 2.91. The monoisotopic (exact) mass is 374 g/mol. The van der Waals surface area contributed by atoms with E-state index in [2.05, 4.69) is 10.9 Å². The van der Waals surface area contributed by atoms with Crippen molar-refractivity contribution in [2.75, 3.05) is 6.61 Å². The Bertz CT molecular complexity index is 765. The summed E-state index contributed by atoms with van der Waals surface area (Å²) < 4.78 is 23.8. The normalized spacial score (nSPS) is 11.4. The van der Waals surface area contributed by atoms with Crippen molar-refractivity contribution in [3.8, 4) is 11.5 Å². The molecule has 0 heterocycles. The van der Waals surface area contributed by atoms with Crippen LogP contribution in [0.3, 0.4) is 0 Å². The zero-order valence-corrected chi connectivity index (χ0v) is 15.3. The van der Waals surface area contributed by atoms with E-state index in [1.54, 1.807) is 0 Å². The molecule has 0 aromatic heterocycles. The second kappa shape index (κ2) is 10.2. The van der Waals surface area contributed by atoms with Crippen molar-refractivity contribution in [3.63, 3.8) is 0 Å². The highest BCUT2D eigenvalue weighted by molar-refractivity contribution is 5.84. The van der Waals surface area contributed by atoms with Gasteiger partial charge < -0.3 is 9.47 Å². The number of carbonyl (C=O) groups excluding carboxylic acids is 2. The first-order valence-corrected chi connectivity index (χ1v) is 8.65. The van der Waals surface area contributed by atoms with Crippen molar-refractivity contribution in [1.29, 1.82) is 0 Å². The molecule has 1 atom stereocenters. The molecule has 2 N–H and O–H groups in total. The number of ether oxygens (including phenoxy) is 2. The Morgan fingerprint density at radius 2 is 1.78 bits per heavy atom. The second-order valence-electron chi connectivity index (χ2n) is 5.97. The standard InChI is InChI=1S/C20H23FN2O4/c1-14-6-3-4-7-18(14)26-13-5-8-19(24)22-23-20(25)15(2)27-17-11-9-16(21)10-12-17/h3-4,6-7,9-12,15H,5,8,13H2,1-2H3,(H,22,24)(H,23,25). The van der Waals surface area contributed by atoms with Crippen LogP contribution in [0.5, 0.6) is 11.5 Å². The summed E-state index contributed by atoms with van der Waals surface area (Å²) in [4.78, 5) is 23.7. The van der Waals surface area contributed by atoms with Crippen LogP contribution < -0.4 is 20.3 Å². The van der Waals surface area contributed by atoms with Gasteiger partial charge in [-0.1, -0.05) is 18.2 Å². The molecule has 0 aliphatic rings. The lowest BCUT2D eigenvalue weighted by atomic mass is 10.2. The molecule has 144 valence electrons. The highest BCUT2D eigenvalue weighted by atomic mass is 19.1. The zero-order chi connectivity index (χ0) is 19.6. The Labute approximate surface area is 157 Å². The number of hydrogen-bond acceptors (Lipinski definition) is 4. The first-order chi connectivity index (χ1) is 13.0. The summed E-state index contributed by atoms with van der Waals surface area (Å²) in [5, 5.41) is 0. The molecule has 0 saturated heterocycles. The third-order valence-corrected chi connectivity index (χ3v) is 3.72. The van der Waals surface area contributed by atoms with Gasteiger partial charge in [0.1, 0.15) is 17.3 Å². The topological polar surface area (TPSA) is 76.7 Å². The molecular weight excluding hydrogens is 351 g/mol. The highest BCUT2D eigenvalue weighted by Gasteiger charge is 2.15. The number of carbonyl (C=O) groups is 2. The number of halogens is 1. The maximum atomic E-state index is 12.8. The first kappa shape index (κ1) is 20.2. The molecule has 2 rings (SSSR count). The number of rotatable bonds is 8. The van der Waals surface area contributed by atoms with Gasteiger partial charge in [0, 0.05) is 6.42 Å². The molecule has 2 aromatic rings. The number of amides is 2. The summed E-state index contributed by atoms with van der Waals surface area (Å²) in [7, 11) is 0. The van der Waals surface area contributed by atoms with Crippen LogP contribution in [0.25, 0.3) is 0 Å². The fraction of sp³-hybridized carbons (Fsp3) is 0.300. The minimum Gasteiger partial charge on any atom is -0.493 e. The Morgan fingerprint density at radius 3 is 2.48 bits per heavy atom. The van der Waals surface area contributed by atoms with E-state index in [-0.39, 0.29) is 12.3 Å². The van der Waals surface area contributed by atoms with E-state index in [1.165, 1.54) is 31.2 Å². The van der Waals surface area contributed by atoms with Gasteiger partial charge in [-0.15, -0.1) is 0 Å². The number of benzene rings is 2. The van der Waals surface area contributed by atoms with Crippen molar-refractivity contribution in [2.45, 2.75) is 32.8 Å². The summed E-state index contributed by atoms with van der Waals surface area (Å²) >= 11 is 0. The lowest BCUT2D eigenvalue weighted by Gasteiger charge is -2.15. The minimum absolute atomic E-state index is 0.208. The van der Waals surface area contributed by atoms with E-state index < -0.39 is 17.8 Å². The SMILES string of the molecule is Cc1ccccc1OCCCC(=O)NNC(=O)C(C)Oc1ccc(F)cc1. The predicted molar refractivity (Wildman–Crippen MR) is 98.7 cm³/mol. The van der Waals surface area contributed by atoms with Crippen LogP contribution in [0.4, 0.5) is 4.39 Å². The van der Waals surface area contributed by atoms with Crippen LogP contribution in [-0.2, 0) is 9.59 Å². The van der Waals surface area contributed by atoms with Gasteiger partial charge in [-0.2, -0.15) is 0 Å². The smallest absolute Gasteiger partial charge is 0.279 e. The van der Waals surface area contributed by atoms with Crippen molar-refractivity contribution in [3.05, 3.63) is 59.9 Å². The quantitative estimate of drug-likeness (QED) is 0.550. The maximum absolute atomic E-state index is 12.8. The molecule has 6 nitrogen and oxygen atoms in total. The van der Waals surface area contributed by atoms with E-state index in [0.29, 0.717) is 18.8 Å². The average Bonchev–Trinajstić information content (AvgIpc) is 2.66. The average molecular weight is 374 g/mol. The van der Waals surface area contributed by atoms with E-state index in [0.717, 1.165) is 11.3 Å². The Kier molecular flexibility index (Phi) is 7.61. The van der Waals surface area contributed by atoms with Gasteiger partial charge in [-0.25, -0.2) is 4.39 Å². The summed E-state index contributed by atoms with van der Waals surface area (Å²) in [6, 6.07) is 13.0. The molecule has 0 bridgehead atoms. The number of nitrogens with one attached hydrogen (secondary N) is 2. The Hall–Kier alpha value is -3.09. The largest absolute Gasteiger partial charge is 0.493 e. The second-order valence-corrected chi connectivity index (χ2v) is 5.97. The summed E-state index contributed by atoms with van der Waals surface area (Å²) in [6.45, 7) is 3.88. The van der Waals surface area contributed by atoms with Crippen molar-refractivity contribution in [2.24, 2.45) is 0 Å². The van der Waals surface area contributed by atoms with Crippen LogP contribution in [0.1, 0.15) is 25.3 Å². The van der Waals surface area contributed by atoms with Gasteiger partial charge in [0.25, 0.3) is 5.91 Å². The number of hydrogen-bond donors (Lipinski definition) is 2. The van der Waals surface area contributed by atoms with E-state index in [4.69, 9.17) is 9.47 Å². The number of para-hydroxylation sites is 1. The number of aryl methyl sites for hydroxylation is 1. The zero-order valence-electron chi connectivity index (χ0n) is 15.3. The maximum Gasteiger partial charge on any atom is 0.279 e. The van der Waals surface area contributed by atoms with Gasteiger partial charge in [-0.05, 0) is 56.2 Å². The minimum atomic E-state index is -0.847. The molecule has 0 spiro atoms. The van der Waals surface area contributed by atoms with Crippen LogP contribution in [0, 0.1) is 12.7 Å². The molecule has 0 fully saturated rings. The molecule has 0 radical (unpaired) electrons. The molecule has 2 aromatic carbocycles. The molecule has 0 saturated carbocycles. The van der Waals surface area contributed by atoms with Gasteiger partial charge in [0.05, 0.1) is 6.61 Å². The lowest BCUT2D eigenvalue weighted by Crippen LogP contribution is -2.47. The summed E-state index contributed by atoms with van der Waals surface area (Å²) in [5.41, 5.74) is 5.67. The van der Waals surface area contributed by atoms with E-state index in [9.17, 15) is 14.0 Å². The molecule has 27 heavy (non-hydrogen) atoms. The highest BCUT2D eigenvalue weighted by Crippen LogP contribution is 2.16. The Balaban J connectivity index is 1.63. The summed E-state index contributed by atoms with van der Waals surface area (Å²) in [6.07, 6.45) is -0.128. The van der Waals surface area contributed by atoms with Crippen molar-refractivity contribution in [1.82, 2.24) is 10.9 Å². The van der Waals surface area contributed by atoms with Gasteiger partial charge >= 0.3 is 0 Å². The Morgan fingerprint density at radius 1 is 1.07 bits per heavy atom. The molecule has 0 aliphatic heterocycles.